The van der Waals surface area contributed by atoms with Gasteiger partial charge in [-0.2, -0.15) is 0 Å². The highest BCUT2D eigenvalue weighted by Crippen LogP contribution is 2.26. The number of nitrogens with zero attached hydrogens (tertiary/aromatic N) is 3. The summed E-state index contributed by atoms with van der Waals surface area (Å²) >= 11 is 0. The third-order valence-corrected chi connectivity index (χ3v) is 3.29. The summed E-state index contributed by atoms with van der Waals surface area (Å²) in [6, 6.07) is 6.58. The molecule has 0 atom stereocenters. The molecule has 0 saturated heterocycles. The van der Waals surface area contributed by atoms with Crippen LogP contribution in [-0.2, 0) is 0 Å². The van der Waals surface area contributed by atoms with Gasteiger partial charge < -0.3 is 10.5 Å². The molecule has 130 valence electrons. The van der Waals surface area contributed by atoms with Gasteiger partial charge in [0, 0.05) is 23.7 Å². The zero-order valence-corrected chi connectivity index (χ0v) is 13.4. The van der Waals surface area contributed by atoms with E-state index >= 15 is 0 Å². The van der Waals surface area contributed by atoms with Gasteiger partial charge in [-0.3, -0.25) is 0 Å². The van der Waals surface area contributed by atoms with Gasteiger partial charge >= 0.3 is 0 Å². The van der Waals surface area contributed by atoms with Crippen molar-refractivity contribution >= 4 is 0 Å². The number of hydrogen-bond donors (Lipinski definition) is 1. The second kappa shape index (κ2) is 7.96. The van der Waals surface area contributed by atoms with Gasteiger partial charge in [-0.15, -0.1) is 5.10 Å². The lowest BCUT2D eigenvalue weighted by Crippen LogP contribution is -2.10. The van der Waals surface area contributed by atoms with Crippen molar-refractivity contribution < 1.29 is 17.9 Å². The van der Waals surface area contributed by atoms with Crippen molar-refractivity contribution in [3.05, 3.63) is 42.0 Å². The zero-order chi connectivity index (χ0) is 17.7. The van der Waals surface area contributed by atoms with E-state index in [-0.39, 0.29) is 19.2 Å². The molecule has 5 nitrogen and oxygen atoms in total. The molecule has 2 aromatic rings. The Labute approximate surface area is 137 Å². The summed E-state index contributed by atoms with van der Waals surface area (Å²) in [7, 11) is 0. The molecule has 0 amide bonds. The van der Waals surface area contributed by atoms with Crippen molar-refractivity contribution in [1.82, 2.24) is 14.8 Å². The zero-order valence-electron chi connectivity index (χ0n) is 13.4. The van der Waals surface area contributed by atoms with E-state index in [0.29, 0.717) is 29.0 Å². The Kier molecular flexibility index (Phi) is 5.97. The highest BCUT2D eigenvalue weighted by Gasteiger charge is 2.20. The van der Waals surface area contributed by atoms with Crippen LogP contribution >= 0.6 is 0 Å². The quantitative estimate of drug-likeness (QED) is 0.835. The standard InChI is InChI=1S/C16H19F3N4O/c1-10(2)23-16(21-15(22-23)14(18)19)12-3-5-13(6-4-12)24-9-11(7-17)8-20/h3-7,10,14H,8-9,20H2,1-2H3/b11-7-. The SMILES string of the molecule is CC(C)n1nc(C(F)F)nc1-c1ccc(OC/C(=C\F)CN)cc1. The fourth-order valence-electron chi connectivity index (χ4n) is 2.00. The van der Waals surface area contributed by atoms with Crippen molar-refractivity contribution in [2.45, 2.75) is 26.3 Å². The van der Waals surface area contributed by atoms with E-state index in [0.717, 1.165) is 0 Å². The number of aromatic nitrogens is 3. The van der Waals surface area contributed by atoms with Crippen molar-refractivity contribution in [3.8, 4) is 17.1 Å². The van der Waals surface area contributed by atoms with E-state index < -0.39 is 12.2 Å². The van der Waals surface area contributed by atoms with Crippen LogP contribution in [0.1, 0.15) is 32.1 Å². The molecule has 0 aliphatic rings. The van der Waals surface area contributed by atoms with Crippen molar-refractivity contribution in [1.29, 1.82) is 0 Å². The monoisotopic (exact) mass is 340 g/mol. The van der Waals surface area contributed by atoms with E-state index in [4.69, 9.17) is 10.5 Å². The van der Waals surface area contributed by atoms with Gasteiger partial charge in [0.25, 0.3) is 6.43 Å². The predicted molar refractivity (Wildman–Crippen MR) is 84.5 cm³/mol. The van der Waals surface area contributed by atoms with Gasteiger partial charge in [-0.25, -0.2) is 22.8 Å². The second-order valence-electron chi connectivity index (χ2n) is 5.42. The number of halogens is 3. The topological polar surface area (TPSA) is 66.0 Å². The maximum absolute atomic E-state index is 12.8. The summed E-state index contributed by atoms with van der Waals surface area (Å²) in [5.74, 6) is 0.370. The number of benzene rings is 1. The van der Waals surface area contributed by atoms with Gasteiger partial charge in [0.05, 0.1) is 6.33 Å². The largest absolute Gasteiger partial charge is 0.489 e. The number of ether oxygens (including phenoxy) is 1. The second-order valence-corrected chi connectivity index (χ2v) is 5.42. The average Bonchev–Trinajstić information content (AvgIpc) is 3.02. The molecule has 2 N–H and O–H groups in total. The van der Waals surface area contributed by atoms with E-state index in [1.54, 1.807) is 24.3 Å². The Morgan fingerprint density at radius 1 is 1.29 bits per heavy atom. The maximum atomic E-state index is 12.8. The van der Waals surface area contributed by atoms with Crippen LogP contribution in [0.5, 0.6) is 5.75 Å². The Balaban J connectivity index is 2.21. The molecular weight excluding hydrogens is 321 g/mol. The minimum absolute atomic E-state index is 0.0457. The first-order chi connectivity index (χ1) is 11.5. The Bertz CT molecular complexity index is 696. The predicted octanol–water partition coefficient (Wildman–Crippen LogP) is 3.65. The lowest BCUT2D eigenvalue weighted by atomic mass is 10.2. The molecular formula is C16H19F3N4O. The van der Waals surface area contributed by atoms with E-state index in [9.17, 15) is 13.2 Å². The summed E-state index contributed by atoms with van der Waals surface area (Å²) in [5.41, 5.74) is 6.32. The summed E-state index contributed by atoms with van der Waals surface area (Å²) < 4.78 is 45.0. The fraction of sp³-hybridized carbons (Fsp3) is 0.375. The summed E-state index contributed by atoms with van der Waals surface area (Å²) in [5, 5.41) is 3.85. The van der Waals surface area contributed by atoms with Gasteiger partial charge in [0.1, 0.15) is 12.4 Å². The lowest BCUT2D eigenvalue weighted by molar-refractivity contribution is 0.139. The van der Waals surface area contributed by atoms with Crippen molar-refractivity contribution in [3.63, 3.8) is 0 Å². The molecule has 1 aromatic heterocycles. The number of nitrogens with two attached hydrogens (primary N) is 1. The van der Waals surface area contributed by atoms with Crippen LogP contribution in [-0.4, -0.2) is 27.9 Å². The number of alkyl halides is 2. The molecule has 0 radical (unpaired) electrons. The number of hydrogen-bond acceptors (Lipinski definition) is 4. The number of rotatable bonds is 7. The molecule has 0 spiro atoms. The van der Waals surface area contributed by atoms with Gasteiger partial charge in [0.15, 0.2) is 5.82 Å². The van der Waals surface area contributed by atoms with Crippen LogP contribution in [0.2, 0.25) is 0 Å². The molecule has 0 unspecified atom stereocenters. The van der Waals surface area contributed by atoms with E-state index in [2.05, 4.69) is 10.1 Å². The van der Waals surface area contributed by atoms with Crippen LogP contribution in [0.3, 0.4) is 0 Å². The Morgan fingerprint density at radius 2 is 1.96 bits per heavy atom. The molecule has 1 heterocycles. The van der Waals surface area contributed by atoms with Crippen LogP contribution in [0, 0.1) is 0 Å². The molecule has 8 heteroatoms. The molecule has 0 saturated carbocycles. The van der Waals surface area contributed by atoms with Crippen LogP contribution in [0.15, 0.2) is 36.2 Å². The molecule has 0 aliphatic carbocycles. The highest BCUT2D eigenvalue weighted by molar-refractivity contribution is 5.56. The first-order valence-electron chi connectivity index (χ1n) is 7.42. The van der Waals surface area contributed by atoms with Crippen LogP contribution in [0.25, 0.3) is 11.4 Å². The molecule has 0 fully saturated rings. The molecule has 2 rings (SSSR count). The summed E-state index contributed by atoms with van der Waals surface area (Å²) in [6.45, 7) is 3.79. The van der Waals surface area contributed by atoms with Gasteiger partial charge in [-0.05, 0) is 38.1 Å². The first kappa shape index (κ1) is 18.0. The van der Waals surface area contributed by atoms with Crippen molar-refractivity contribution in [2.24, 2.45) is 5.73 Å². The highest BCUT2D eigenvalue weighted by atomic mass is 19.3. The third kappa shape index (κ3) is 4.14. The smallest absolute Gasteiger partial charge is 0.299 e. The molecule has 0 bridgehead atoms. The van der Waals surface area contributed by atoms with E-state index in [1.165, 1.54) is 4.68 Å². The maximum Gasteiger partial charge on any atom is 0.299 e. The van der Waals surface area contributed by atoms with Gasteiger partial charge in [-0.1, -0.05) is 0 Å². The summed E-state index contributed by atoms with van der Waals surface area (Å²) in [6.07, 6.45) is -2.31. The first-order valence-corrected chi connectivity index (χ1v) is 7.42. The minimum atomic E-state index is -2.73. The molecule has 1 aromatic carbocycles. The normalized spacial score (nSPS) is 12.2. The Hall–Kier alpha value is -2.35. The van der Waals surface area contributed by atoms with E-state index in [1.807, 2.05) is 13.8 Å². The van der Waals surface area contributed by atoms with Crippen LogP contribution in [0.4, 0.5) is 13.2 Å². The van der Waals surface area contributed by atoms with Crippen LogP contribution < -0.4 is 10.5 Å². The molecule has 24 heavy (non-hydrogen) atoms. The summed E-state index contributed by atoms with van der Waals surface area (Å²) in [4.78, 5) is 3.92. The van der Waals surface area contributed by atoms with Crippen molar-refractivity contribution in [2.75, 3.05) is 13.2 Å². The average molecular weight is 340 g/mol. The third-order valence-electron chi connectivity index (χ3n) is 3.29. The lowest BCUT2D eigenvalue weighted by Gasteiger charge is -2.10. The minimum Gasteiger partial charge on any atom is -0.489 e. The van der Waals surface area contributed by atoms with Gasteiger partial charge in [0.2, 0.25) is 5.82 Å². The Morgan fingerprint density at radius 3 is 2.46 bits per heavy atom. The fourth-order valence-corrected chi connectivity index (χ4v) is 2.00. The molecule has 0 aliphatic heterocycles.